The molecule has 0 bridgehead atoms. The molecule has 0 aliphatic carbocycles. The molecule has 20 heavy (non-hydrogen) atoms. The Morgan fingerprint density at radius 2 is 1.75 bits per heavy atom. The minimum Gasteiger partial charge on any atom is -0.298 e. The second-order valence-corrected chi connectivity index (χ2v) is 7.37. The molecule has 1 fully saturated rings. The van der Waals surface area contributed by atoms with Crippen LogP contribution in [0.1, 0.15) is 45.6 Å². The minimum atomic E-state index is 0.244. The van der Waals surface area contributed by atoms with Crippen LogP contribution < -0.4 is 0 Å². The topological polar surface area (TPSA) is 3.24 Å². The number of piperidine rings is 1. The Labute approximate surface area is 128 Å². The van der Waals surface area contributed by atoms with Crippen LogP contribution in [0.25, 0.3) is 0 Å². The fourth-order valence-corrected chi connectivity index (χ4v) is 3.42. The number of benzene rings is 1. The number of halogens is 1. The van der Waals surface area contributed by atoms with Crippen LogP contribution in [0.4, 0.5) is 0 Å². The van der Waals surface area contributed by atoms with Crippen molar-refractivity contribution in [2.75, 3.05) is 13.1 Å². The molecule has 0 N–H and O–H groups in total. The molecule has 110 valence electrons. The van der Waals surface area contributed by atoms with E-state index in [1.165, 1.54) is 18.4 Å². The van der Waals surface area contributed by atoms with Crippen LogP contribution in [0.2, 0.25) is 5.02 Å². The molecule has 1 aromatic rings. The maximum Gasteiger partial charge on any atom is 0.0406 e. The Bertz CT molecular complexity index is 447. The van der Waals surface area contributed by atoms with Gasteiger partial charge in [0.05, 0.1) is 0 Å². The number of rotatable bonds is 3. The maximum absolute atomic E-state index is 6.03. The van der Waals surface area contributed by atoms with Gasteiger partial charge in [0.2, 0.25) is 0 Å². The van der Waals surface area contributed by atoms with Crippen LogP contribution in [0, 0.1) is 0 Å². The van der Waals surface area contributed by atoms with Gasteiger partial charge in [-0.2, -0.15) is 0 Å². The lowest BCUT2D eigenvalue weighted by atomic mass is 9.70. The summed E-state index contributed by atoms with van der Waals surface area (Å²) in [5, 5.41) is 0.814. The highest BCUT2D eigenvalue weighted by atomic mass is 35.5. The van der Waals surface area contributed by atoms with Gasteiger partial charge in [-0.1, -0.05) is 29.8 Å². The average molecular weight is 292 g/mol. The van der Waals surface area contributed by atoms with E-state index in [0.29, 0.717) is 0 Å². The van der Waals surface area contributed by atoms with Gasteiger partial charge in [0.15, 0.2) is 0 Å². The summed E-state index contributed by atoms with van der Waals surface area (Å²) in [7, 11) is 0. The molecule has 1 aromatic carbocycles. The molecule has 2 heteroatoms. The molecule has 2 rings (SSSR count). The van der Waals surface area contributed by atoms with Crippen molar-refractivity contribution < 1.29 is 0 Å². The third-order valence-corrected chi connectivity index (χ3v) is 4.91. The smallest absolute Gasteiger partial charge is 0.0406 e. The summed E-state index contributed by atoms with van der Waals surface area (Å²) < 4.78 is 0. The normalized spacial score (nSPS) is 19.8. The number of hydrogen-bond donors (Lipinski definition) is 0. The maximum atomic E-state index is 6.03. The lowest BCUT2D eigenvalue weighted by molar-refractivity contribution is 0.0747. The van der Waals surface area contributed by atoms with Gasteiger partial charge in [-0.05, 0) is 70.8 Å². The third kappa shape index (κ3) is 3.27. The summed E-state index contributed by atoms with van der Waals surface area (Å²) in [6.07, 6.45) is 5.50. The number of hydrogen-bond acceptors (Lipinski definition) is 1. The van der Waals surface area contributed by atoms with Crippen molar-refractivity contribution in [3.8, 4) is 0 Å². The first-order chi connectivity index (χ1) is 9.37. The van der Waals surface area contributed by atoms with E-state index in [-0.39, 0.29) is 11.0 Å². The Morgan fingerprint density at radius 3 is 2.20 bits per heavy atom. The Kier molecular flexibility index (Phi) is 4.61. The van der Waals surface area contributed by atoms with Gasteiger partial charge in [-0.3, -0.25) is 4.90 Å². The van der Waals surface area contributed by atoms with Crippen LogP contribution in [0.5, 0.6) is 0 Å². The highest BCUT2D eigenvalue weighted by Crippen LogP contribution is 2.40. The minimum absolute atomic E-state index is 0.244. The van der Waals surface area contributed by atoms with E-state index in [1.54, 1.807) is 0 Å². The van der Waals surface area contributed by atoms with Crippen molar-refractivity contribution in [3.05, 3.63) is 47.5 Å². The zero-order valence-corrected chi connectivity index (χ0v) is 13.7. The number of likely N-dealkylation sites (tertiary alicyclic amines) is 1. The molecule has 0 spiro atoms. The fourth-order valence-electron chi connectivity index (χ4n) is 3.30. The Morgan fingerprint density at radius 1 is 1.20 bits per heavy atom. The highest BCUT2D eigenvalue weighted by Gasteiger charge is 2.37. The van der Waals surface area contributed by atoms with Gasteiger partial charge in [-0.25, -0.2) is 0 Å². The lowest BCUT2D eigenvalue weighted by Gasteiger charge is -2.46. The molecule has 1 aliphatic rings. The summed E-state index contributed by atoms with van der Waals surface area (Å²) in [5.74, 6) is 0. The standard InChI is InChI=1S/C18H26ClN/c1-5-10-18(15-6-8-16(19)9-7-15)11-13-20(14-12-18)17(2,3)4/h5-9H,1,10-14H2,2-4H3. The lowest BCUT2D eigenvalue weighted by Crippen LogP contribution is -2.50. The SMILES string of the molecule is C=CCC1(c2ccc(Cl)cc2)CCN(C(C)(C)C)CC1. The molecule has 1 heterocycles. The Balaban J connectivity index is 2.21. The van der Waals surface area contributed by atoms with E-state index in [9.17, 15) is 0 Å². The first-order valence-corrected chi connectivity index (χ1v) is 7.87. The predicted molar refractivity (Wildman–Crippen MR) is 88.5 cm³/mol. The molecule has 1 aliphatic heterocycles. The fraction of sp³-hybridized carbons (Fsp3) is 0.556. The van der Waals surface area contributed by atoms with Crippen molar-refractivity contribution in [2.24, 2.45) is 0 Å². The Hall–Kier alpha value is -0.790. The van der Waals surface area contributed by atoms with E-state index in [0.717, 1.165) is 24.5 Å². The van der Waals surface area contributed by atoms with E-state index in [2.05, 4.69) is 50.5 Å². The molecule has 0 aromatic heterocycles. The van der Waals surface area contributed by atoms with Crippen molar-refractivity contribution in [3.63, 3.8) is 0 Å². The number of nitrogens with zero attached hydrogens (tertiary/aromatic N) is 1. The van der Waals surface area contributed by atoms with Crippen LogP contribution in [-0.4, -0.2) is 23.5 Å². The summed E-state index contributed by atoms with van der Waals surface area (Å²) in [5.41, 5.74) is 1.92. The first-order valence-electron chi connectivity index (χ1n) is 7.49. The van der Waals surface area contributed by atoms with Gasteiger partial charge >= 0.3 is 0 Å². The van der Waals surface area contributed by atoms with Gasteiger partial charge < -0.3 is 0 Å². The molecule has 0 unspecified atom stereocenters. The quantitative estimate of drug-likeness (QED) is 0.705. The van der Waals surface area contributed by atoms with E-state index >= 15 is 0 Å². The molecular weight excluding hydrogens is 266 g/mol. The largest absolute Gasteiger partial charge is 0.298 e. The summed E-state index contributed by atoms with van der Waals surface area (Å²) in [6, 6.07) is 8.41. The first kappa shape index (κ1) is 15.6. The summed E-state index contributed by atoms with van der Waals surface area (Å²) in [4.78, 5) is 2.59. The molecular formula is C18H26ClN. The summed E-state index contributed by atoms with van der Waals surface area (Å²) >= 11 is 6.03. The van der Waals surface area contributed by atoms with Gasteiger partial charge in [0.25, 0.3) is 0 Å². The van der Waals surface area contributed by atoms with Crippen molar-refractivity contribution in [2.45, 2.75) is 51.0 Å². The molecule has 0 radical (unpaired) electrons. The highest BCUT2D eigenvalue weighted by molar-refractivity contribution is 6.30. The van der Waals surface area contributed by atoms with Crippen LogP contribution in [-0.2, 0) is 5.41 Å². The van der Waals surface area contributed by atoms with Crippen molar-refractivity contribution >= 4 is 11.6 Å². The van der Waals surface area contributed by atoms with E-state index < -0.39 is 0 Å². The third-order valence-electron chi connectivity index (χ3n) is 4.66. The van der Waals surface area contributed by atoms with E-state index in [1.807, 2.05) is 12.1 Å². The van der Waals surface area contributed by atoms with Crippen LogP contribution in [0.3, 0.4) is 0 Å². The predicted octanol–water partition coefficient (Wildman–Crippen LogP) is 5.05. The zero-order chi connectivity index (χ0) is 14.8. The second kappa shape index (κ2) is 5.91. The van der Waals surface area contributed by atoms with Gasteiger partial charge in [-0.15, -0.1) is 6.58 Å². The molecule has 0 amide bonds. The van der Waals surface area contributed by atoms with Crippen LogP contribution in [0.15, 0.2) is 36.9 Å². The van der Waals surface area contributed by atoms with Crippen molar-refractivity contribution in [1.82, 2.24) is 4.90 Å². The monoisotopic (exact) mass is 291 g/mol. The molecule has 1 nitrogen and oxygen atoms in total. The second-order valence-electron chi connectivity index (χ2n) is 6.94. The van der Waals surface area contributed by atoms with E-state index in [4.69, 9.17) is 11.6 Å². The van der Waals surface area contributed by atoms with Crippen molar-refractivity contribution in [1.29, 1.82) is 0 Å². The van der Waals surface area contributed by atoms with Crippen LogP contribution >= 0.6 is 11.6 Å². The van der Waals surface area contributed by atoms with Gasteiger partial charge in [0.1, 0.15) is 0 Å². The summed E-state index contributed by atoms with van der Waals surface area (Å²) in [6.45, 7) is 13.2. The molecule has 1 saturated heterocycles. The molecule has 0 atom stereocenters. The number of allylic oxidation sites excluding steroid dienone is 1. The van der Waals surface area contributed by atoms with Gasteiger partial charge in [0, 0.05) is 16.0 Å². The zero-order valence-electron chi connectivity index (χ0n) is 13.0. The average Bonchev–Trinajstić information content (AvgIpc) is 2.39. The molecule has 0 saturated carbocycles.